The van der Waals surface area contributed by atoms with Crippen LogP contribution in [0.1, 0.15) is 24.7 Å². The van der Waals surface area contributed by atoms with Gasteiger partial charge in [-0.2, -0.15) is 5.10 Å². The number of H-pyrrole nitrogens is 1. The maximum absolute atomic E-state index is 12.3. The van der Waals surface area contributed by atoms with Crippen molar-refractivity contribution in [2.45, 2.75) is 32.1 Å². The van der Waals surface area contributed by atoms with Crippen molar-refractivity contribution in [1.29, 1.82) is 0 Å². The average Bonchev–Trinajstić information content (AvgIpc) is 2.69. The number of sulfonamides is 1. The average molecular weight is 286 g/mol. The molecule has 1 fully saturated rings. The van der Waals surface area contributed by atoms with E-state index in [1.165, 1.54) is 0 Å². The molecule has 1 saturated heterocycles. The fourth-order valence-corrected chi connectivity index (χ4v) is 4.01. The normalized spacial score (nSPS) is 24.6. The first-order valence-electron chi connectivity index (χ1n) is 6.63. The molecule has 0 amide bonds. The molecule has 2 rings (SSSR count). The third-order valence-corrected chi connectivity index (χ3v) is 5.54. The van der Waals surface area contributed by atoms with Gasteiger partial charge in [-0.25, -0.2) is 13.1 Å². The molecule has 1 aromatic rings. The molecule has 1 aromatic heterocycles. The van der Waals surface area contributed by atoms with Gasteiger partial charge in [-0.15, -0.1) is 0 Å². The number of aromatic amines is 1. The maximum atomic E-state index is 12.3. The van der Waals surface area contributed by atoms with Crippen molar-refractivity contribution in [2.24, 2.45) is 11.8 Å². The van der Waals surface area contributed by atoms with Gasteiger partial charge in [0, 0.05) is 6.54 Å². The van der Waals surface area contributed by atoms with Crippen molar-refractivity contribution in [3.05, 3.63) is 11.4 Å². The first kappa shape index (κ1) is 14.5. The molecule has 0 saturated carbocycles. The molecule has 108 valence electrons. The first-order chi connectivity index (χ1) is 8.92. The Labute approximate surface area is 114 Å². The molecule has 2 heterocycles. The SMILES string of the molecule is Cc1n[nH]c(C)c1S(=O)(=O)NCC1CNCCC1C. The Balaban J connectivity index is 2.06. The molecule has 0 spiro atoms. The topological polar surface area (TPSA) is 86.9 Å². The summed E-state index contributed by atoms with van der Waals surface area (Å²) in [6.07, 6.45) is 1.09. The molecule has 1 aliphatic rings. The second kappa shape index (κ2) is 5.60. The second-order valence-corrected chi connectivity index (χ2v) is 7.05. The fourth-order valence-electron chi connectivity index (χ4n) is 2.55. The molecule has 2 unspecified atom stereocenters. The number of aromatic nitrogens is 2. The van der Waals surface area contributed by atoms with E-state index in [1.54, 1.807) is 13.8 Å². The standard InChI is InChI=1S/C12H22N4O2S/c1-8-4-5-13-6-11(8)7-14-19(17,18)12-9(2)15-16-10(12)3/h8,11,13-14H,4-7H2,1-3H3,(H,15,16). The molecular weight excluding hydrogens is 264 g/mol. The van der Waals surface area contributed by atoms with Crippen LogP contribution in [0.3, 0.4) is 0 Å². The third-order valence-electron chi connectivity index (χ3n) is 3.85. The van der Waals surface area contributed by atoms with Crippen LogP contribution < -0.4 is 10.0 Å². The van der Waals surface area contributed by atoms with Crippen molar-refractivity contribution in [1.82, 2.24) is 20.2 Å². The van der Waals surface area contributed by atoms with E-state index < -0.39 is 10.0 Å². The number of aryl methyl sites for hydroxylation is 2. The van der Waals surface area contributed by atoms with Crippen LogP contribution in [0.15, 0.2) is 4.90 Å². The molecule has 0 aromatic carbocycles. The summed E-state index contributed by atoms with van der Waals surface area (Å²) < 4.78 is 27.3. The fraction of sp³-hybridized carbons (Fsp3) is 0.750. The molecule has 19 heavy (non-hydrogen) atoms. The third kappa shape index (κ3) is 3.16. The van der Waals surface area contributed by atoms with Crippen molar-refractivity contribution in [3.8, 4) is 0 Å². The van der Waals surface area contributed by atoms with E-state index in [-0.39, 0.29) is 4.90 Å². The molecule has 1 aliphatic heterocycles. The smallest absolute Gasteiger partial charge is 0.244 e. The zero-order valence-electron chi connectivity index (χ0n) is 11.7. The molecule has 6 nitrogen and oxygen atoms in total. The molecule has 0 radical (unpaired) electrons. The quantitative estimate of drug-likeness (QED) is 0.754. The molecule has 2 atom stereocenters. The zero-order chi connectivity index (χ0) is 14.0. The number of hydrogen-bond donors (Lipinski definition) is 3. The largest absolute Gasteiger partial charge is 0.316 e. The Morgan fingerprint density at radius 2 is 2.16 bits per heavy atom. The number of hydrogen-bond acceptors (Lipinski definition) is 4. The van der Waals surface area contributed by atoms with Crippen LogP contribution in [0, 0.1) is 25.7 Å². The van der Waals surface area contributed by atoms with Crippen molar-refractivity contribution < 1.29 is 8.42 Å². The highest BCUT2D eigenvalue weighted by molar-refractivity contribution is 7.89. The predicted molar refractivity (Wildman–Crippen MR) is 73.4 cm³/mol. The van der Waals surface area contributed by atoms with E-state index in [4.69, 9.17) is 0 Å². The lowest BCUT2D eigenvalue weighted by atomic mass is 9.88. The van der Waals surface area contributed by atoms with Gasteiger partial charge < -0.3 is 5.32 Å². The van der Waals surface area contributed by atoms with Gasteiger partial charge in [0.25, 0.3) is 0 Å². The lowest BCUT2D eigenvalue weighted by molar-refractivity contribution is 0.275. The predicted octanol–water partition coefficient (Wildman–Crippen LogP) is 0.550. The number of rotatable bonds is 4. The Hall–Kier alpha value is -0.920. The number of nitrogens with zero attached hydrogens (tertiary/aromatic N) is 1. The van der Waals surface area contributed by atoms with E-state index in [2.05, 4.69) is 27.2 Å². The van der Waals surface area contributed by atoms with Crippen molar-refractivity contribution in [3.63, 3.8) is 0 Å². The molecular formula is C12H22N4O2S. The van der Waals surface area contributed by atoms with Crippen molar-refractivity contribution in [2.75, 3.05) is 19.6 Å². The van der Waals surface area contributed by atoms with Crippen LogP contribution in [-0.4, -0.2) is 38.2 Å². The summed E-state index contributed by atoms with van der Waals surface area (Å²) in [5.41, 5.74) is 1.10. The summed E-state index contributed by atoms with van der Waals surface area (Å²) in [4.78, 5) is 0.281. The minimum Gasteiger partial charge on any atom is -0.316 e. The summed E-state index contributed by atoms with van der Waals surface area (Å²) in [7, 11) is -3.47. The minimum absolute atomic E-state index is 0.281. The van der Waals surface area contributed by atoms with Gasteiger partial charge in [-0.1, -0.05) is 6.92 Å². The van der Waals surface area contributed by atoms with E-state index in [0.29, 0.717) is 29.8 Å². The first-order valence-corrected chi connectivity index (χ1v) is 8.12. The van der Waals surface area contributed by atoms with E-state index in [0.717, 1.165) is 19.5 Å². The summed E-state index contributed by atoms with van der Waals surface area (Å²) in [5, 5.41) is 9.95. The summed E-state index contributed by atoms with van der Waals surface area (Å²) >= 11 is 0. The van der Waals surface area contributed by atoms with Gasteiger partial charge in [0.2, 0.25) is 10.0 Å². The minimum atomic E-state index is -3.47. The molecule has 7 heteroatoms. The summed E-state index contributed by atoms with van der Waals surface area (Å²) in [6, 6.07) is 0. The van der Waals surface area contributed by atoms with Crippen LogP contribution >= 0.6 is 0 Å². The summed E-state index contributed by atoms with van der Waals surface area (Å²) in [5.74, 6) is 0.881. The van der Waals surface area contributed by atoms with Gasteiger partial charge in [0.1, 0.15) is 4.90 Å². The van der Waals surface area contributed by atoms with Crippen LogP contribution in [0.2, 0.25) is 0 Å². The Bertz CT molecular complexity index is 518. The Morgan fingerprint density at radius 1 is 1.42 bits per heavy atom. The number of nitrogens with one attached hydrogen (secondary N) is 3. The highest BCUT2D eigenvalue weighted by atomic mass is 32.2. The highest BCUT2D eigenvalue weighted by Crippen LogP contribution is 2.20. The van der Waals surface area contributed by atoms with Crippen LogP contribution in [0.4, 0.5) is 0 Å². The van der Waals surface area contributed by atoms with Crippen LogP contribution in [-0.2, 0) is 10.0 Å². The van der Waals surface area contributed by atoms with E-state index >= 15 is 0 Å². The van der Waals surface area contributed by atoms with Crippen LogP contribution in [0.25, 0.3) is 0 Å². The molecule has 0 aliphatic carbocycles. The summed E-state index contributed by atoms with van der Waals surface area (Å²) in [6.45, 7) is 7.95. The zero-order valence-corrected chi connectivity index (χ0v) is 12.5. The molecule has 3 N–H and O–H groups in total. The second-order valence-electron chi connectivity index (χ2n) is 5.35. The van der Waals surface area contributed by atoms with Crippen LogP contribution in [0.5, 0.6) is 0 Å². The molecule has 0 bridgehead atoms. The Morgan fingerprint density at radius 3 is 2.74 bits per heavy atom. The van der Waals surface area contributed by atoms with E-state index in [1.807, 2.05) is 0 Å². The van der Waals surface area contributed by atoms with Gasteiger partial charge in [-0.3, -0.25) is 5.10 Å². The Kier molecular flexibility index (Phi) is 4.27. The van der Waals surface area contributed by atoms with Gasteiger partial charge in [-0.05, 0) is 45.2 Å². The van der Waals surface area contributed by atoms with Gasteiger partial charge in [0.05, 0.1) is 11.4 Å². The lowest BCUT2D eigenvalue weighted by Crippen LogP contribution is -2.42. The number of piperidine rings is 1. The maximum Gasteiger partial charge on any atom is 0.244 e. The van der Waals surface area contributed by atoms with Crippen molar-refractivity contribution >= 4 is 10.0 Å². The van der Waals surface area contributed by atoms with Gasteiger partial charge in [0.15, 0.2) is 0 Å². The monoisotopic (exact) mass is 286 g/mol. The highest BCUT2D eigenvalue weighted by Gasteiger charge is 2.26. The lowest BCUT2D eigenvalue weighted by Gasteiger charge is -2.29. The van der Waals surface area contributed by atoms with Gasteiger partial charge >= 0.3 is 0 Å². The van der Waals surface area contributed by atoms with E-state index in [9.17, 15) is 8.42 Å².